The third-order valence-electron chi connectivity index (χ3n) is 4.35. The Kier molecular flexibility index (Phi) is 4.93. The van der Waals surface area contributed by atoms with Gasteiger partial charge in [-0.2, -0.15) is 0 Å². The molecule has 1 atom stereocenters. The van der Waals surface area contributed by atoms with Crippen molar-refractivity contribution in [3.63, 3.8) is 0 Å². The summed E-state index contributed by atoms with van der Waals surface area (Å²) in [5, 5.41) is 11.6. The molecule has 0 aliphatic heterocycles. The Hall–Kier alpha value is -2.67. The molecule has 4 rings (SSSR count). The molecule has 2 heterocycles. The molecule has 0 radical (unpaired) electrons. The topological polar surface area (TPSA) is 60.2 Å². The predicted octanol–water partition coefficient (Wildman–Crippen LogP) is 5.29. The Balaban J connectivity index is 1.77. The SMILES string of the molecule is Cn1cncc1C(O)c1ccc2nc(Cl)c(Oc3ccc(F)cc3)c(Cl)c2c1. The third-order valence-corrected chi connectivity index (χ3v) is 4.98. The van der Waals surface area contributed by atoms with E-state index in [4.69, 9.17) is 27.9 Å². The second-order valence-corrected chi connectivity index (χ2v) is 6.95. The Labute approximate surface area is 169 Å². The average Bonchev–Trinajstić information content (AvgIpc) is 3.12. The van der Waals surface area contributed by atoms with Gasteiger partial charge in [0.15, 0.2) is 10.9 Å². The van der Waals surface area contributed by atoms with Gasteiger partial charge < -0.3 is 14.4 Å². The molecular weight excluding hydrogens is 404 g/mol. The van der Waals surface area contributed by atoms with Crippen LogP contribution >= 0.6 is 23.2 Å². The molecule has 0 saturated carbocycles. The number of fused-ring (bicyclic) bond motifs is 1. The van der Waals surface area contributed by atoms with E-state index >= 15 is 0 Å². The normalized spacial score (nSPS) is 12.3. The zero-order valence-electron chi connectivity index (χ0n) is 14.6. The fraction of sp³-hybridized carbons (Fsp3) is 0.100. The van der Waals surface area contributed by atoms with Crippen molar-refractivity contribution in [2.75, 3.05) is 0 Å². The number of hydrogen-bond acceptors (Lipinski definition) is 4. The van der Waals surface area contributed by atoms with E-state index < -0.39 is 6.10 Å². The second kappa shape index (κ2) is 7.39. The molecular formula is C20H14Cl2FN3O2. The maximum Gasteiger partial charge on any atom is 0.183 e. The van der Waals surface area contributed by atoms with E-state index in [1.165, 1.54) is 24.3 Å². The van der Waals surface area contributed by atoms with Crippen LogP contribution in [0.1, 0.15) is 17.4 Å². The number of aliphatic hydroxyl groups is 1. The van der Waals surface area contributed by atoms with E-state index in [-0.39, 0.29) is 21.7 Å². The lowest BCUT2D eigenvalue weighted by Gasteiger charge is -2.15. The van der Waals surface area contributed by atoms with Crippen LogP contribution in [0.2, 0.25) is 10.2 Å². The monoisotopic (exact) mass is 417 g/mol. The van der Waals surface area contributed by atoms with Crippen molar-refractivity contribution in [2.45, 2.75) is 6.10 Å². The summed E-state index contributed by atoms with van der Waals surface area (Å²) in [6.45, 7) is 0. The molecule has 8 heteroatoms. The van der Waals surface area contributed by atoms with Gasteiger partial charge in [0.1, 0.15) is 17.7 Å². The zero-order valence-corrected chi connectivity index (χ0v) is 16.1. The lowest BCUT2D eigenvalue weighted by atomic mass is 10.0. The summed E-state index contributed by atoms with van der Waals surface area (Å²) in [7, 11) is 1.80. The molecule has 0 aliphatic carbocycles. The van der Waals surface area contributed by atoms with Crippen LogP contribution in [0, 0.1) is 5.82 Å². The molecule has 142 valence electrons. The maximum atomic E-state index is 13.1. The largest absolute Gasteiger partial charge is 0.453 e. The van der Waals surface area contributed by atoms with Gasteiger partial charge >= 0.3 is 0 Å². The smallest absolute Gasteiger partial charge is 0.183 e. The predicted molar refractivity (Wildman–Crippen MR) is 106 cm³/mol. The Morgan fingerprint density at radius 3 is 2.57 bits per heavy atom. The Bertz CT molecular complexity index is 1160. The molecule has 0 saturated heterocycles. The molecule has 1 unspecified atom stereocenters. The number of aliphatic hydroxyl groups excluding tert-OH is 1. The van der Waals surface area contributed by atoms with Gasteiger partial charge in [-0.25, -0.2) is 14.4 Å². The molecule has 0 fully saturated rings. The standard InChI is InChI=1S/C20H14Cl2FN3O2/c1-26-10-24-9-16(26)18(27)11-2-7-15-14(8-11)17(21)19(20(22)25-15)28-13-5-3-12(23)4-6-13/h2-10,18,27H,1H3. The average molecular weight is 418 g/mol. The highest BCUT2D eigenvalue weighted by Crippen LogP contribution is 2.40. The van der Waals surface area contributed by atoms with E-state index in [1.54, 1.807) is 42.3 Å². The lowest BCUT2D eigenvalue weighted by Crippen LogP contribution is -2.05. The molecule has 4 aromatic rings. The fourth-order valence-electron chi connectivity index (χ4n) is 2.88. The summed E-state index contributed by atoms with van der Waals surface area (Å²) in [5.74, 6) is 0.155. The number of pyridine rings is 1. The van der Waals surface area contributed by atoms with E-state index in [1.807, 2.05) is 0 Å². The second-order valence-electron chi connectivity index (χ2n) is 6.21. The van der Waals surface area contributed by atoms with Gasteiger partial charge in [-0.15, -0.1) is 0 Å². The van der Waals surface area contributed by atoms with Crippen molar-refractivity contribution in [2.24, 2.45) is 7.05 Å². The first-order chi connectivity index (χ1) is 13.4. The van der Waals surface area contributed by atoms with Crippen LogP contribution in [0.25, 0.3) is 10.9 Å². The molecule has 2 aromatic carbocycles. The lowest BCUT2D eigenvalue weighted by molar-refractivity contribution is 0.211. The number of nitrogens with zero attached hydrogens (tertiary/aromatic N) is 3. The van der Waals surface area contributed by atoms with Crippen LogP contribution in [0.4, 0.5) is 4.39 Å². The van der Waals surface area contributed by atoms with Gasteiger partial charge in [-0.3, -0.25) is 0 Å². The van der Waals surface area contributed by atoms with Crippen molar-refractivity contribution in [1.82, 2.24) is 14.5 Å². The van der Waals surface area contributed by atoms with Crippen LogP contribution in [0.15, 0.2) is 55.0 Å². The molecule has 2 aromatic heterocycles. The number of halogens is 3. The number of imidazole rings is 1. The number of aromatic nitrogens is 3. The minimum Gasteiger partial charge on any atom is -0.453 e. The molecule has 1 N–H and O–H groups in total. The molecule has 0 amide bonds. The first kappa shape index (κ1) is 18.7. The minimum absolute atomic E-state index is 0.0850. The van der Waals surface area contributed by atoms with Gasteiger partial charge in [0.2, 0.25) is 0 Å². The van der Waals surface area contributed by atoms with Crippen molar-refractivity contribution in [3.8, 4) is 11.5 Å². The number of benzene rings is 2. The van der Waals surface area contributed by atoms with E-state index in [0.717, 1.165) is 0 Å². The molecule has 0 bridgehead atoms. The van der Waals surface area contributed by atoms with Gasteiger partial charge in [0.25, 0.3) is 0 Å². The zero-order chi connectivity index (χ0) is 19.8. The van der Waals surface area contributed by atoms with Crippen molar-refractivity contribution in [1.29, 1.82) is 0 Å². The highest BCUT2D eigenvalue weighted by molar-refractivity contribution is 6.40. The number of ether oxygens (including phenoxy) is 1. The highest BCUT2D eigenvalue weighted by atomic mass is 35.5. The third kappa shape index (κ3) is 3.42. The summed E-state index contributed by atoms with van der Waals surface area (Å²) in [4.78, 5) is 8.34. The van der Waals surface area contributed by atoms with E-state index in [2.05, 4.69) is 9.97 Å². The van der Waals surface area contributed by atoms with Crippen molar-refractivity contribution < 1.29 is 14.2 Å². The summed E-state index contributed by atoms with van der Waals surface area (Å²) in [6.07, 6.45) is 2.33. The Morgan fingerprint density at radius 2 is 1.89 bits per heavy atom. The van der Waals surface area contributed by atoms with Crippen LogP contribution in [-0.2, 0) is 7.05 Å². The van der Waals surface area contributed by atoms with Crippen LogP contribution in [-0.4, -0.2) is 19.6 Å². The Morgan fingerprint density at radius 1 is 1.14 bits per heavy atom. The summed E-state index contributed by atoms with van der Waals surface area (Å²) in [6, 6.07) is 10.7. The maximum absolute atomic E-state index is 13.1. The van der Waals surface area contributed by atoms with E-state index in [9.17, 15) is 9.50 Å². The first-order valence-corrected chi connectivity index (χ1v) is 9.06. The minimum atomic E-state index is -0.884. The quantitative estimate of drug-likeness (QED) is 0.458. The van der Waals surface area contributed by atoms with Crippen molar-refractivity contribution in [3.05, 3.63) is 82.2 Å². The highest BCUT2D eigenvalue weighted by Gasteiger charge is 2.19. The number of rotatable bonds is 4. The molecule has 0 spiro atoms. The van der Waals surface area contributed by atoms with Crippen LogP contribution in [0.3, 0.4) is 0 Å². The molecule has 5 nitrogen and oxygen atoms in total. The van der Waals surface area contributed by atoms with Crippen molar-refractivity contribution >= 4 is 34.1 Å². The number of hydrogen-bond donors (Lipinski definition) is 1. The fourth-order valence-corrected chi connectivity index (χ4v) is 3.43. The first-order valence-electron chi connectivity index (χ1n) is 8.30. The molecule has 28 heavy (non-hydrogen) atoms. The van der Waals surface area contributed by atoms with Gasteiger partial charge in [-0.05, 0) is 42.0 Å². The molecule has 0 aliphatic rings. The summed E-state index contributed by atoms with van der Waals surface area (Å²) < 4.78 is 20.6. The summed E-state index contributed by atoms with van der Waals surface area (Å²) in [5.41, 5.74) is 1.82. The van der Waals surface area contributed by atoms with Crippen LogP contribution in [0.5, 0.6) is 11.5 Å². The summed E-state index contributed by atoms with van der Waals surface area (Å²) >= 11 is 12.8. The van der Waals surface area contributed by atoms with Crippen LogP contribution < -0.4 is 4.74 Å². The van der Waals surface area contributed by atoms with Gasteiger partial charge in [-0.1, -0.05) is 29.3 Å². The number of aryl methyl sites for hydroxylation is 1. The van der Waals surface area contributed by atoms with Gasteiger partial charge in [0, 0.05) is 12.4 Å². The van der Waals surface area contributed by atoms with E-state index in [0.29, 0.717) is 27.9 Å². The van der Waals surface area contributed by atoms with Gasteiger partial charge in [0.05, 0.1) is 28.8 Å².